The molecule has 160 valence electrons. The van der Waals surface area contributed by atoms with Crippen LogP contribution in [-0.2, 0) is 19.6 Å². The molecule has 0 aliphatic carbocycles. The molecule has 2 aromatic carbocycles. The van der Waals surface area contributed by atoms with E-state index in [1.807, 2.05) is 6.92 Å². The normalized spacial score (nSPS) is 22.0. The van der Waals surface area contributed by atoms with E-state index >= 15 is 0 Å². The van der Waals surface area contributed by atoms with Gasteiger partial charge >= 0.3 is 5.97 Å². The predicted molar refractivity (Wildman–Crippen MR) is 110 cm³/mol. The van der Waals surface area contributed by atoms with Gasteiger partial charge in [0.05, 0.1) is 17.9 Å². The van der Waals surface area contributed by atoms with Crippen LogP contribution in [0.15, 0.2) is 59.5 Å². The van der Waals surface area contributed by atoms with Crippen LogP contribution in [0, 0.1) is 17.0 Å². The third-order valence-corrected chi connectivity index (χ3v) is 7.18. The smallest absolute Gasteiger partial charge is 0.307 e. The molecule has 0 N–H and O–H groups in total. The van der Waals surface area contributed by atoms with Gasteiger partial charge in [-0.2, -0.15) is 4.31 Å². The number of aryl methyl sites for hydroxylation is 1. The van der Waals surface area contributed by atoms with Gasteiger partial charge in [0.15, 0.2) is 0 Å². The topological polar surface area (TPSA) is 107 Å². The molecule has 0 unspecified atom stereocenters. The monoisotopic (exact) mass is 432 g/mol. The molecular formula is C21H24N2O6S. The number of ether oxygens (including phenoxy) is 1. The Kier molecular flexibility index (Phi) is 6.52. The number of hydrogen-bond donors (Lipinski definition) is 0. The lowest BCUT2D eigenvalue weighted by Crippen LogP contribution is -2.40. The van der Waals surface area contributed by atoms with E-state index in [1.54, 1.807) is 49.4 Å². The van der Waals surface area contributed by atoms with Crippen LogP contribution in [-0.4, -0.2) is 42.3 Å². The predicted octanol–water partition coefficient (Wildman–Crippen LogP) is 3.10. The highest BCUT2D eigenvalue weighted by Crippen LogP contribution is 2.43. The van der Waals surface area contributed by atoms with Crippen molar-refractivity contribution in [3.8, 4) is 0 Å². The molecule has 3 rings (SSSR count). The standard InChI is InChI=1S/C21H24N2O6S/c1-3-29-20(24)14-17-13-19(23(25)26)21(16-7-5-4-6-8-16)22(17)30(27,28)18-11-9-15(2)10-12-18/h4-12,17,19,21H,3,13-14H2,1-2H3/t17-,19+,21-/m0/s1. The average Bonchev–Trinajstić information content (AvgIpc) is 3.09. The van der Waals surface area contributed by atoms with E-state index in [0.717, 1.165) is 9.87 Å². The van der Waals surface area contributed by atoms with Crippen molar-refractivity contribution in [1.29, 1.82) is 0 Å². The molecule has 0 amide bonds. The first kappa shape index (κ1) is 21.9. The van der Waals surface area contributed by atoms with Gasteiger partial charge in [-0.15, -0.1) is 0 Å². The summed E-state index contributed by atoms with van der Waals surface area (Å²) in [7, 11) is -4.11. The minimum atomic E-state index is -4.11. The van der Waals surface area contributed by atoms with Crippen molar-refractivity contribution in [2.75, 3.05) is 6.61 Å². The summed E-state index contributed by atoms with van der Waals surface area (Å²) >= 11 is 0. The maximum atomic E-state index is 13.6. The van der Waals surface area contributed by atoms with E-state index in [4.69, 9.17) is 4.74 Å². The summed E-state index contributed by atoms with van der Waals surface area (Å²) in [5, 5.41) is 11.9. The first-order valence-corrected chi connectivity index (χ1v) is 11.1. The molecule has 0 aromatic heterocycles. The Hall–Kier alpha value is -2.78. The fraction of sp³-hybridized carbons (Fsp3) is 0.381. The van der Waals surface area contributed by atoms with Crippen LogP contribution in [0.4, 0.5) is 0 Å². The van der Waals surface area contributed by atoms with Crippen LogP contribution in [0.5, 0.6) is 0 Å². The Morgan fingerprint density at radius 2 is 1.80 bits per heavy atom. The number of nitrogens with zero attached hydrogens (tertiary/aromatic N) is 2. The van der Waals surface area contributed by atoms with E-state index < -0.39 is 39.0 Å². The number of carbonyl (C=O) groups excluding carboxylic acids is 1. The fourth-order valence-corrected chi connectivity index (χ4v) is 5.73. The van der Waals surface area contributed by atoms with Crippen LogP contribution in [0.25, 0.3) is 0 Å². The highest BCUT2D eigenvalue weighted by molar-refractivity contribution is 7.89. The van der Waals surface area contributed by atoms with Crippen molar-refractivity contribution in [3.05, 3.63) is 75.8 Å². The molecule has 1 aliphatic heterocycles. The zero-order valence-corrected chi connectivity index (χ0v) is 17.6. The molecule has 0 bridgehead atoms. The summed E-state index contributed by atoms with van der Waals surface area (Å²) in [5.41, 5.74) is 1.41. The van der Waals surface area contributed by atoms with Gasteiger partial charge < -0.3 is 4.74 Å². The van der Waals surface area contributed by atoms with Gasteiger partial charge in [-0.3, -0.25) is 14.9 Å². The van der Waals surface area contributed by atoms with Crippen LogP contribution in [0.1, 0.15) is 36.9 Å². The maximum absolute atomic E-state index is 13.6. The minimum Gasteiger partial charge on any atom is -0.466 e. The first-order valence-electron chi connectivity index (χ1n) is 9.70. The number of hydrogen-bond acceptors (Lipinski definition) is 6. The summed E-state index contributed by atoms with van der Waals surface area (Å²) in [6, 6.07) is 11.8. The molecule has 9 heteroatoms. The number of nitro groups is 1. The largest absolute Gasteiger partial charge is 0.466 e. The highest BCUT2D eigenvalue weighted by Gasteiger charge is 2.54. The molecule has 1 aliphatic rings. The van der Waals surface area contributed by atoms with Crippen molar-refractivity contribution in [2.24, 2.45) is 0 Å². The number of rotatable bonds is 7. The first-order chi connectivity index (χ1) is 14.3. The van der Waals surface area contributed by atoms with Crippen LogP contribution >= 0.6 is 0 Å². The van der Waals surface area contributed by atoms with Gasteiger partial charge in [0.1, 0.15) is 6.04 Å². The van der Waals surface area contributed by atoms with Crippen molar-refractivity contribution in [1.82, 2.24) is 4.31 Å². The van der Waals surface area contributed by atoms with E-state index in [1.165, 1.54) is 12.1 Å². The Bertz CT molecular complexity index is 1010. The van der Waals surface area contributed by atoms with Crippen molar-refractivity contribution >= 4 is 16.0 Å². The lowest BCUT2D eigenvalue weighted by atomic mass is 10.0. The van der Waals surface area contributed by atoms with E-state index in [0.29, 0.717) is 5.56 Å². The molecule has 8 nitrogen and oxygen atoms in total. The average molecular weight is 432 g/mol. The molecule has 0 saturated carbocycles. The van der Waals surface area contributed by atoms with Crippen LogP contribution in [0.2, 0.25) is 0 Å². The third-order valence-electron chi connectivity index (χ3n) is 5.23. The second-order valence-corrected chi connectivity index (χ2v) is 9.10. The number of sulfonamides is 1. The number of esters is 1. The molecule has 1 saturated heterocycles. The number of benzene rings is 2. The molecule has 1 heterocycles. The molecule has 0 spiro atoms. The van der Waals surface area contributed by atoms with E-state index in [-0.39, 0.29) is 24.3 Å². The second-order valence-electron chi connectivity index (χ2n) is 7.25. The Morgan fingerprint density at radius 1 is 1.17 bits per heavy atom. The molecule has 3 atom stereocenters. The fourth-order valence-electron chi connectivity index (χ4n) is 3.89. The Morgan fingerprint density at radius 3 is 2.37 bits per heavy atom. The van der Waals surface area contributed by atoms with E-state index in [2.05, 4.69) is 0 Å². The molecular weight excluding hydrogens is 408 g/mol. The lowest BCUT2D eigenvalue weighted by molar-refractivity contribution is -0.525. The van der Waals surface area contributed by atoms with Gasteiger partial charge in [-0.05, 0) is 31.5 Å². The van der Waals surface area contributed by atoms with Crippen molar-refractivity contribution in [3.63, 3.8) is 0 Å². The highest BCUT2D eigenvalue weighted by atomic mass is 32.2. The Labute approximate surface area is 175 Å². The van der Waals surface area contributed by atoms with E-state index in [9.17, 15) is 23.3 Å². The Balaban J connectivity index is 2.12. The summed E-state index contributed by atoms with van der Waals surface area (Å²) in [6.07, 6.45) is -0.316. The zero-order chi connectivity index (χ0) is 21.9. The quantitative estimate of drug-likeness (QED) is 0.378. The van der Waals surface area contributed by atoms with Gasteiger partial charge in [-0.1, -0.05) is 48.0 Å². The summed E-state index contributed by atoms with van der Waals surface area (Å²) in [6.45, 7) is 3.64. The van der Waals surface area contributed by atoms with Gasteiger partial charge in [-0.25, -0.2) is 8.42 Å². The third kappa shape index (κ3) is 4.36. The molecule has 1 fully saturated rings. The van der Waals surface area contributed by atoms with Gasteiger partial charge in [0.25, 0.3) is 0 Å². The lowest BCUT2D eigenvalue weighted by Gasteiger charge is -2.29. The summed E-state index contributed by atoms with van der Waals surface area (Å²) in [4.78, 5) is 23.6. The van der Waals surface area contributed by atoms with Crippen LogP contribution < -0.4 is 0 Å². The summed E-state index contributed by atoms with van der Waals surface area (Å²) in [5.74, 6) is -0.581. The summed E-state index contributed by atoms with van der Waals surface area (Å²) < 4.78 is 33.3. The van der Waals surface area contributed by atoms with Crippen molar-refractivity contribution in [2.45, 2.75) is 49.7 Å². The van der Waals surface area contributed by atoms with Gasteiger partial charge in [0.2, 0.25) is 16.1 Å². The van der Waals surface area contributed by atoms with Crippen LogP contribution in [0.3, 0.4) is 0 Å². The minimum absolute atomic E-state index is 0.0342. The van der Waals surface area contributed by atoms with Gasteiger partial charge in [0, 0.05) is 17.4 Å². The molecule has 2 aromatic rings. The second kappa shape index (κ2) is 8.93. The van der Waals surface area contributed by atoms with Crippen molar-refractivity contribution < 1.29 is 22.9 Å². The SMILES string of the molecule is CCOC(=O)C[C@@H]1C[C@@H]([N+](=O)[O-])[C@H](c2ccccc2)N1S(=O)(=O)c1ccc(C)cc1. The molecule has 30 heavy (non-hydrogen) atoms. The maximum Gasteiger partial charge on any atom is 0.307 e. The number of carbonyl (C=O) groups is 1. The molecule has 0 radical (unpaired) electrons. The zero-order valence-electron chi connectivity index (χ0n) is 16.8.